The highest BCUT2D eigenvalue weighted by molar-refractivity contribution is 5.86. The van der Waals surface area contributed by atoms with Crippen molar-refractivity contribution in [2.75, 3.05) is 34.4 Å². The Morgan fingerprint density at radius 1 is 1.00 bits per heavy atom. The SMILES string of the molecule is CNC(=O)CCCOc1cc([N+](=O)[O-])c(C(C)NC(=O)[C@H](C)N(C)C(=O)OCC2c3ccccc3-c3ccccc32)cc1OC. The summed E-state index contributed by atoms with van der Waals surface area (Å²) in [6.07, 6.45) is -0.0253. The van der Waals surface area contributed by atoms with Crippen LogP contribution >= 0.6 is 0 Å². The fraction of sp³-hybridized carbons (Fsp3) is 0.364. The number of rotatable bonds is 13. The van der Waals surface area contributed by atoms with Crippen molar-refractivity contribution >= 4 is 23.6 Å². The molecule has 2 atom stereocenters. The quantitative estimate of drug-likeness (QED) is 0.155. The largest absolute Gasteiger partial charge is 0.493 e. The van der Waals surface area contributed by atoms with Crippen LogP contribution in [-0.2, 0) is 14.3 Å². The van der Waals surface area contributed by atoms with Gasteiger partial charge in [0.1, 0.15) is 12.6 Å². The molecule has 0 radical (unpaired) electrons. The highest BCUT2D eigenvalue weighted by atomic mass is 16.6. The zero-order valence-corrected chi connectivity index (χ0v) is 26.0. The van der Waals surface area contributed by atoms with Gasteiger partial charge in [-0.25, -0.2) is 4.79 Å². The van der Waals surface area contributed by atoms with Crippen molar-refractivity contribution in [1.29, 1.82) is 0 Å². The highest BCUT2D eigenvalue weighted by Gasteiger charge is 2.32. The van der Waals surface area contributed by atoms with Gasteiger partial charge in [-0.05, 0) is 48.6 Å². The lowest BCUT2D eigenvalue weighted by Gasteiger charge is -2.26. The summed E-state index contributed by atoms with van der Waals surface area (Å²) in [4.78, 5) is 50.3. The van der Waals surface area contributed by atoms with E-state index in [0.29, 0.717) is 6.42 Å². The Kier molecular flexibility index (Phi) is 10.6. The van der Waals surface area contributed by atoms with Crippen molar-refractivity contribution in [3.8, 4) is 22.6 Å². The van der Waals surface area contributed by atoms with Crippen LogP contribution in [0.15, 0.2) is 60.7 Å². The number of nitro benzene ring substituents is 1. The van der Waals surface area contributed by atoms with E-state index in [-0.39, 0.29) is 54.2 Å². The van der Waals surface area contributed by atoms with E-state index in [4.69, 9.17) is 14.2 Å². The van der Waals surface area contributed by atoms with Crippen LogP contribution in [0, 0.1) is 10.1 Å². The van der Waals surface area contributed by atoms with Gasteiger partial charge in [-0.1, -0.05) is 48.5 Å². The first-order chi connectivity index (χ1) is 21.6. The van der Waals surface area contributed by atoms with Crippen LogP contribution in [0.3, 0.4) is 0 Å². The number of likely N-dealkylation sites (N-methyl/N-ethyl adjacent to an activating group) is 1. The number of nitrogens with one attached hydrogen (secondary N) is 2. The van der Waals surface area contributed by atoms with Gasteiger partial charge in [0.15, 0.2) is 11.5 Å². The van der Waals surface area contributed by atoms with Crippen LogP contribution in [0.25, 0.3) is 11.1 Å². The Labute approximate surface area is 261 Å². The third-order valence-corrected chi connectivity index (χ3v) is 8.00. The molecule has 0 bridgehead atoms. The average molecular weight is 619 g/mol. The number of methoxy groups -OCH3 is 1. The van der Waals surface area contributed by atoms with Gasteiger partial charge in [-0.3, -0.25) is 24.6 Å². The number of hydrogen-bond donors (Lipinski definition) is 2. The number of fused-ring (bicyclic) bond motifs is 3. The fourth-order valence-electron chi connectivity index (χ4n) is 5.32. The Hall–Kier alpha value is -5.13. The van der Waals surface area contributed by atoms with Crippen LogP contribution in [0.2, 0.25) is 0 Å². The van der Waals surface area contributed by atoms with Crippen molar-refractivity contribution in [3.05, 3.63) is 87.5 Å². The van der Waals surface area contributed by atoms with Crippen molar-refractivity contribution in [2.45, 2.75) is 44.7 Å². The minimum Gasteiger partial charge on any atom is -0.493 e. The number of amides is 3. The van der Waals surface area contributed by atoms with Gasteiger partial charge in [0, 0.05) is 26.4 Å². The van der Waals surface area contributed by atoms with E-state index in [2.05, 4.69) is 10.6 Å². The minimum atomic E-state index is -0.938. The lowest BCUT2D eigenvalue weighted by molar-refractivity contribution is -0.385. The molecule has 238 valence electrons. The standard InChI is InChI=1S/C33H38N4O8/c1-20(26-17-29(43-5)30(18-28(26)37(41)42)44-16-10-15-31(38)34-3)35-32(39)21(2)36(4)33(40)45-19-27-24-13-8-6-11-22(24)23-12-7-9-14-25(23)27/h6-9,11-14,17-18,20-21,27H,10,15-16,19H2,1-5H3,(H,34,38)(H,35,39)/t20?,21-/m0/s1. The summed E-state index contributed by atoms with van der Waals surface area (Å²) in [5.74, 6) is -0.416. The molecule has 3 aromatic carbocycles. The average Bonchev–Trinajstić information content (AvgIpc) is 3.37. The maximum atomic E-state index is 13.2. The highest BCUT2D eigenvalue weighted by Crippen LogP contribution is 2.44. The van der Waals surface area contributed by atoms with Gasteiger partial charge in [0.05, 0.1) is 36.3 Å². The second-order valence-corrected chi connectivity index (χ2v) is 10.8. The fourth-order valence-corrected chi connectivity index (χ4v) is 5.32. The molecular formula is C33H38N4O8. The van der Waals surface area contributed by atoms with Crippen LogP contribution in [0.1, 0.15) is 55.3 Å². The Bertz CT molecular complexity index is 1530. The normalized spacial score (nSPS) is 13.1. The van der Waals surface area contributed by atoms with Gasteiger partial charge in [-0.2, -0.15) is 0 Å². The van der Waals surface area contributed by atoms with Crippen LogP contribution in [0.4, 0.5) is 10.5 Å². The number of nitro groups is 1. The molecule has 0 aliphatic heterocycles. The molecule has 0 aromatic heterocycles. The van der Waals surface area contributed by atoms with Gasteiger partial charge in [0.2, 0.25) is 11.8 Å². The first kappa shape index (κ1) is 32.8. The molecule has 0 saturated heterocycles. The first-order valence-electron chi connectivity index (χ1n) is 14.6. The zero-order chi connectivity index (χ0) is 32.7. The van der Waals surface area contributed by atoms with Crippen molar-refractivity contribution in [2.24, 2.45) is 0 Å². The second-order valence-electron chi connectivity index (χ2n) is 10.8. The number of carbonyl (C=O) groups is 3. The number of carbonyl (C=O) groups excluding carboxylic acids is 3. The van der Waals surface area contributed by atoms with E-state index in [9.17, 15) is 24.5 Å². The predicted molar refractivity (Wildman–Crippen MR) is 167 cm³/mol. The maximum Gasteiger partial charge on any atom is 0.410 e. The van der Waals surface area contributed by atoms with E-state index < -0.39 is 29.0 Å². The van der Waals surface area contributed by atoms with Crippen LogP contribution in [0.5, 0.6) is 11.5 Å². The summed E-state index contributed by atoms with van der Waals surface area (Å²) in [7, 11) is 4.40. The third-order valence-electron chi connectivity index (χ3n) is 8.00. The van der Waals surface area contributed by atoms with E-state index in [1.807, 2.05) is 48.5 Å². The van der Waals surface area contributed by atoms with E-state index >= 15 is 0 Å². The van der Waals surface area contributed by atoms with E-state index in [1.165, 1.54) is 38.2 Å². The third kappa shape index (κ3) is 7.34. The number of ether oxygens (including phenoxy) is 3. The first-order valence-corrected chi connectivity index (χ1v) is 14.6. The Morgan fingerprint density at radius 2 is 1.62 bits per heavy atom. The molecule has 1 aliphatic carbocycles. The summed E-state index contributed by atoms with van der Waals surface area (Å²) >= 11 is 0. The maximum absolute atomic E-state index is 13.2. The number of hydrogen-bond acceptors (Lipinski definition) is 8. The minimum absolute atomic E-state index is 0.105. The molecule has 12 heteroatoms. The summed E-state index contributed by atoms with van der Waals surface area (Å²) < 4.78 is 16.7. The summed E-state index contributed by atoms with van der Waals surface area (Å²) in [6.45, 7) is 3.40. The summed E-state index contributed by atoms with van der Waals surface area (Å²) in [5, 5.41) is 17.2. The molecule has 0 fully saturated rings. The van der Waals surface area contributed by atoms with Crippen molar-refractivity contribution in [1.82, 2.24) is 15.5 Å². The smallest absolute Gasteiger partial charge is 0.410 e. The zero-order valence-electron chi connectivity index (χ0n) is 26.0. The molecule has 0 saturated carbocycles. The summed E-state index contributed by atoms with van der Waals surface area (Å²) in [6, 6.07) is 16.9. The van der Waals surface area contributed by atoms with E-state index in [0.717, 1.165) is 22.3 Å². The topological polar surface area (TPSA) is 149 Å². The molecule has 12 nitrogen and oxygen atoms in total. The van der Waals surface area contributed by atoms with Gasteiger partial charge in [-0.15, -0.1) is 0 Å². The van der Waals surface area contributed by atoms with Crippen molar-refractivity contribution < 1.29 is 33.5 Å². The molecule has 45 heavy (non-hydrogen) atoms. The van der Waals surface area contributed by atoms with Crippen LogP contribution < -0.4 is 20.1 Å². The number of nitrogens with zero attached hydrogens (tertiary/aromatic N) is 2. The molecule has 1 aliphatic rings. The molecule has 4 rings (SSSR count). The Morgan fingerprint density at radius 3 is 2.20 bits per heavy atom. The molecule has 3 amide bonds. The lowest BCUT2D eigenvalue weighted by atomic mass is 9.98. The lowest BCUT2D eigenvalue weighted by Crippen LogP contribution is -2.46. The molecule has 3 aromatic rings. The molecule has 0 heterocycles. The summed E-state index contributed by atoms with van der Waals surface area (Å²) in [5.41, 5.74) is 4.28. The van der Waals surface area contributed by atoms with Crippen molar-refractivity contribution in [3.63, 3.8) is 0 Å². The predicted octanol–water partition coefficient (Wildman–Crippen LogP) is 4.96. The second kappa shape index (κ2) is 14.6. The Balaban J connectivity index is 1.40. The monoisotopic (exact) mass is 618 g/mol. The molecule has 2 N–H and O–H groups in total. The van der Waals surface area contributed by atoms with Crippen LogP contribution in [-0.4, -0.2) is 68.2 Å². The molecule has 0 spiro atoms. The van der Waals surface area contributed by atoms with E-state index in [1.54, 1.807) is 13.8 Å². The molecular weight excluding hydrogens is 580 g/mol. The van der Waals surface area contributed by atoms with Gasteiger partial charge in [0.25, 0.3) is 5.69 Å². The number of benzene rings is 3. The molecule has 1 unspecified atom stereocenters. The van der Waals surface area contributed by atoms with Gasteiger partial charge >= 0.3 is 6.09 Å². The van der Waals surface area contributed by atoms with Gasteiger partial charge < -0.3 is 24.8 Å².